The second kappa shape index (κ2) is 20.0. The Labute approximate surface area is 380 Å². The van der Waals surface area contributed by atoms with Gasteiger partial charge in [0, 0.05) is 60.6 Å². The number of thiophene rings is 1. The van der Waals surface area contributed by atoms with Gasteiger partial charge in [-0.05, 0) is 123 Å². The minimum Gasteiger partial charge on any atom is -0.493 e. The first kappa shape index (κ1) is 44.9. The minimum absolute atomic E-state index is 0.0289. The number of nitrogen functional groups attached to an aromatic ring is 1. The molecular weight excluding hydrogens is 851 g/mol. The van der Waals surface area contributed by atoms with E-state index in [4.69, 9.17) is 24.7 Å². The molecule has 2 aromatic heterocycles. The van der Waals surface area contributed by atoms with Crippen LogP contribution in [-0.4, -0.2) is 84.1 Å². The van der Waals surface area contributed by atoms with Crippen LogP contribution in [0.15, 0.2) is 85.6 Å². The lowest BCUT2D eigenvalue weighted by molar-refractivity contribution is -0.198. The molecule has 2 fully saturated rings. The van der Waals surface area contributed by atoms with Crippen LogP contribution < -0.4 is 31.3 Å². The molecule has 3 aliphatic rings. The maximum atomic E-state index is 14.2. The van der Waals surface area contributed by atoms with E-state index in [9.17, 15) is 24.0 Å². The molecule has 2 unspecified atom stereocenters. The van der Waals surface area contributed by atoms with Gasteiger partial charge in [-0.3, -0.25) is 19.2 Å². The molecule has 0 aliphatic carbocycles. The number of hydrogen-bond acceptors (Lipinski definition) is 11. The first-order valence-corrected chi connectivity index (χ1v) is 22.7. The van der Waals surface area contributed by atoms with Crippen molar-refractivity contribution >= 4 is 79.6 Å². The molecule has 3 aliphatic heterocycles. The summed E-state index contributed by atoms with van der Waals surface area (Å²) < 4.78 is 26.9. The monoisotopic (exact) mass is 903 g/mol. The fourth-order valence-electron chi connectivity index (χ4n) is 8.39. The summed E-state index contributed by atoms with van der Waals surface area (Å²) >= 11 is 1.34. The second-order valence-electron chi connectivity index (χ2n) is 16.4. The number of carbonyl (C=O) groups is 5. The zero-order chi connectivity index (χ0) is 45.6. The van der Waals surface area contributed by atoms with Gasteiger partial charge in [0.25, 0.3) is 17.7 Å². The lowest BCUT2D eigenvalue weighted by Crippen LogP contribution is -2.57. The standard InChI is InChI=1S/C48H53N7O9S/c1-4-20-63-48(60)55-37-27-39(29(2)23-35(37)46(59)54-19-7-5-10-36(54)47(55)64-43-12-6-8-21-62-43)61-22-9-11-42(56)50-34-26-38(53(3)28-34)44(57)52-33-17-18-40-30(24-33)25-41(65-40)45(58)51-32-15-13-31(49)14-16-32/h4,13-18,23-28,36,43,47H,1,5-12,19-22,49H2,2-3H3,(H,50,56)(H,51,58)(H,52,57)/t36-,43?,47?/m0/s1. The summed E-state index contributed by atoms with van der Waals surface area (Å²) in [5, 5.41) is 9.46. The zero-order valence-corrected chi connectivity index (χ0v) is 37.2. The molecule has 17 heteroatoms. The van der Waals surface area contributed by atoms with Crippen molar-refractivity contribution in [1.82, 2.24) is 9.47 Å². The molecule has 340 valence electrons. The molecule has 5 N–H and O–H groups in total. The summed E-state index contributed by atoms with van der Waals surface area (Å²) in [5.74, 6) is -0.639. The predicted molar refractivity (Wildman–Crippen MR) is 250 cm³/mol. The average molecular weight is 904 g/mol. The molecule has 0 radical (unpaired) electrons. The molecule has 0 bridgehead atoms. The van der Waals surface area contributed by atoms with Crippen molar-refractivity contribution < 1.29 is 42.9 Å². The summed E-state index contributed by atoms with van der Waals surface area (Å²) in [4.78, 5) is 71.3. The van der Waals surface area contributed by atoms with E-state index in [1.54, 1.807) is 78.5 Å². The van der Waals surface area contributed by atoms with Crippen molar-refractivity contribution in [3.8, 4) is 5.75 Å². The Morgan fingerprint density at radius 3 is 2.49 bits per heavy atom. The number of nitrogens with zero attached hydrogens (tertiary/aromatic N) is 3. The maximum absolute atomic E-state index is 14.2. The number of rotatable bonds is 14. The largest absolute Gasteiger partial charge is 0.493 e. The Bertz CT molecular complexity index is 2600. The summed E-state index contributed by atoms with van der Waals surface area (Å²) in [7, 11) is 1.71. The summed E-state index contributed by atoms with van der Waals surface area (Å²) in [6.45, 7) is 6.75. The van der Waals surface area contributed by atoms with Gasteiger partial charge in [0.05, 0.1) is 34.5 Å². The highest BCUT2D eigenvalue weighted by molar-refractivity contribution is 7.20. The van der Waals surface area contributed by atoms with Gasteiger partial charge < -0.3 is 50.1 Å². The Balaban J connectivity index is 0.890. The van der Waals surface area contributed by atoms with E-state index in [0.717, 1.165) is 35.8 Å². The summed E-state index contributed by atoms with van der Waals surface area (Å²) in [6, 6.07) is 18.7. The molecule has 5 amide bonds. The maximum Gasteiger partial charge on any atom is 0.416 e. The van der Waals surface area contributed by atoms with Crippen molar-refractivity contribution in [3.05, 3.63) is 107 Å². The number of nitrogens with one attached hydrogen (secondary N) is 3. The first-order chi connectivity index (χ1) is 31.4. The van der Waals surface area contributed by atoms with Crippen molar-refractivity contribution in [2.75, 3.05) is 52.9 Å². The normalized spacial score (nSPS) is 18.2. The number of fused-ring (bicyclic) bond motifs is 3. The first-order valence-electron chi connectivity index (χ1n) is 21.9. The number of ether oxygens (including phenoxy) is 4. The van der Waals surface area contributed by atoms with Gasteiger partial charge in [0.2, 0.25) is 5.91 Å². The van der Waals surface area contributed by atoms with Crippen LogP contribution in [0, 0.1) is 6.92 Å². The van der Waals surface area contributed by atoms with Crippen LogP contribution in [0.25, 0.3) is 10.1 Å². The Morgan fingerprint density at radius 1 is 0.923 bits per heavy atom. The molecular formula is C48H53N7O9S. The molecule has 5 aromatic rings. The second-order valence-corrected chi connectivity index (χ2v) is 17.5. The van der Waals surface area contributed by atoms with Crippen molar-refractivity contribution in [2.45, 2.75) is 76.9 Å². The van der Waals surface area contributed by atoms with Crippen LogP contribution in [0.2, 0.25) is 0 Å². The molecule has 65 heavy (non-hydrogen) atoms. The number of nitrogens with two attached hydrogens (primary N) is 1. The van der Waals surface area contributed by atoms with Gasteiger partial charge in [-0.2, -0.15) is 0 Å². The van der Waals surface area contributed by atoms with Crippen molar-refractivity contribution in [1.29, 1.82) is 0 Å². The Morgan fingerprint density at radius 2 is 1.71 bits per heavy atom. The SMILES string of the molecule is C=CCOC(=O)N1c2cc(OCCCC(=O)Nc3cc(C(=O)Nc4ccc5sc(C(=O)Nc6ccc(N)cc6)cc5c4)n(C)c3)c(C)cc2C(=O)N2CCCC[C@H]2C1OC1CCCCO1. The van der Waals surface area contributed by atoms with Crippen LogP contribution in [0.5, 0.6) is 5.75 Å². The van der Waals surface area contributed by atoms with Crippen molar-refractivity contribution in [2.24, 2.45) is 7.05 Å². The summed E-state index contributed by atoms with van der Waals surface area (Å²) in [6.07, 6.45) is 6.42. The molecule has 2 saturated heterocycles. The van der Waals surface area contributed by atoms with Crippen LogP contribution in [0.4, 0.5) is 33.2 Å². The van der Waals surface area contributed by atoms with Crippen molar-refractivity contribution in [3.63, 3.8) is 0 Å². The highest BCUT2D eigenvalue weighted by Gasteiger charge is 2.46. The molecule has 3 aromatic carbocycles. The van der Waals surface area contributed by atoms with Crippen LogP contribution in [-0.2, 0) is 26.1 Å². The van der Waals surface area contributed by atoms with E-state index in [-0.39, 0.29) is 43.3 Å². The lowest BCUT2D eigenvalue weighted by atomic mass is 10.00. The summed E-state index contributed by atoms with van der Waals surface area (Å²) in [5.41, 5.74) is 9.67. The van der Waals surface area contributed by atoms with Crippen LogP contribution in [0.1, 0.15) is 87.4 Å². The van der Waals surface area contributed by atoms with Crippen LogP contribution in [0.3, 0.4) is 0 Å². The van der Waals surface area contributed by atoms with Gasteiger partial charge in [0.1, 0.15) is 18.1 Å². The third-order valence-corrected chi connectivity index (χ3v) is 12.7. The zero-order valence-electron chi connectivity index (χ0n) is 36.4. The molecule has 0 saturated carbocycles. The average Bonchev–Trinajstić information content (AvgIpc) is 3.88. The van der Waals surface area contributed by atoms with Gasteiger partial charge in [-0.25, -0.2) is 9.69 Å². The lowest BCUT2D eigenvalue weighted by Gasteiger charge is -2.42. The fraction of sp³-hybridized carbons (Fsp3) is 0.354. The van der Waals surface area contributed by atoms with E-state index in [2.05, 4.69) is 22.5 Å². The number of anilines is 5. The molecule has 0 spiro atoms. The quantitative estimate of drug-likeness (QED) is 0.0477. The molecule has 8 rings (SSSR count). The molecule has 16 nitrogen and oxygen atoms in total. The number of hydrogen-bond donors (Lipinski definition) is 4. The molecule has 3 atom stereocenters. The topological polar surface area (TPSA) is 196 Å². The minimum atomic E-state index is -0.864. The van der Waals surface area contributed by atoms with E-state index >= 15 is 0 Å². The van der Waals surface area contributed by atoms with Gasteiger partial charge >= 0.3 is 6.09 Å². The third kappa shape index (κ3) is 10.3. The fourth-order valence-corrected chi connectivity index (χ4v) is 9.32. The predicted octanol–water partition coefficient (Wildman–Crippen LogP) is 8.44. The number of aromatic nitrogens is 1. The van der Waals surface area contributed by atoms with Gasteiger partial charge in [-0.15, -0.1) is 11.3 Å². The number of amides is 5. The Hall–Kier alpha value is -6.69. The number of piperidine rings is 1. The highest BCUT2D eigenvalue weighted by atomic mass is 32.1. The van der Waals surface area contributed by atoms with E-state index in [1.165, 1.54) is 22.3 Å². The van der Waals surface area contributed by atoms with E-state index in [1.807, 2.05) is 17.9 Å². The smallest absolute Gasteiger partial charge is 0.416 e. The van der Waals surface area contributed by atoms with Gasteiger partial charge in [-0.1, -0.05) is 12.7 Å². The van der Waals surface area contributed by atoms with Gasteiger partial charge in [0.15, 0.2) is 12.5 Å². The number of benzene rings is 3. The number of carbonyl (C=O) groups excluding carboxylic acids is 5. The van der Waals surface area contributed by atoms with E-state index in [0.29, 0.717) is 88.3 Å². The van der Waals surface area contributed by atoms with Crippen LogP contribution >= 0.6 is 11.3 Å². The number of aryl methyl sites for hydroxylation is 2. The molecule has 5 heterocycles. The third-order valence-electron chi connectivity index (χ3n) is 11.6. The highest BCUT2D eigenvalue weighted by Crippen LogP contribution is 2.40. The van der Waals surface area contributed by atoms with E-state index < -0.39 is 24.7 Å². The Kier molecular flexibility index (Phi) is 13.8.